The largest absolute Gasteiger partial charge is 0.0881 e. The number of aryl methyl sites for hydroxylation is 1. The first-order valence-electron chi connectivity index (χ1n) is 7.72. The molecule has 0 aliphatic heterocycles. The maximum Gasteiger partial charge on any atom is 0.0242 e. The van der Waals surface area contributed by atoms with E-state index in [1.165, 1.54) is 49.7 Å². The Morgan fingerprint density at radius 2 is 1.79 bits per heavy atom. The molecule has 1 aromatic carbocycles. The maximum absolute atomic E-state index is 4.06. The second-order valence-electron chi connectivity index (χ2n) is 6.77. The molecule has 1 atom stereocenters. The lowest BCUT2D eigenvalue weighted by atomic mass is 9.74. The van der Waals surface area contributed by atoms with Crippen LogP contribution in [0.15, 0.2) is 24.3 Å². The summed E-state index contributed by atoms with van der Waals surface area (Å²) < 4.78 is 0. The van der Waals surface area contributed by atoms with E-state index in [1.54, 1.807) is 0 Å². The van der Waals surface area contributed by atoms with E-state index >= 15 is 0 Å². The molecule has 0 amide bonds. The Bertz CT molecular complexity index is 402. The fraction of sp³-hybridized carbons (Fsp3) is 0.667. The van der Waals surface area contributed by atoms with E-state index in [9.17, 15) is 0 Å². The van der Waals surface area contributed by atoms with E-state index in [0.717, 1.165) is 5.92 Å². The van der Waals surface area contributed by atoms with Gasteiger partial charge in [-0.3, -0.25) is 0 Å². The van der Waals surface area contributed by atoms with Crippen molar-refractivity contribution in [2.75, 3.05) is 0 Å². The van der Waals surface area contributed by atoms with Gasteiger partial charge in [0.25, 0.3) is 0 Å². The van der Waals surface area contributed by atoms with Gasteiger partial charge in [-0.15, -0.1) is 0 Å². The zero-order chi connectivity index (χ0) is 13.9. The topological polar surface area (TPSA) is 0 Å². The first-order chi connectivity index (χ1) is 9.03. The average molecular weight is 323 g/mol. The molecule has 1 unspecified atom stereocenters. The zero-order valence-corrected chi connectivity index (χ0v) is 14.2. The highest BCUT2D eigenvalue weighted by molar-refractivity contribution is 9.09. The van der Waals surface area contributed by atoms with E-state index < -0.39 is 0 Å². The van der Waals surface area contributed by atoms with Gasteiger partial charge in [-0.2, -0.15) is 0 Å². The molecule has 106 valence electrons. The fourth-order valence-corrected chi connectivity index (χ4v) is 4.78. The minimum Gasteiger partial charge on any atom is -0.0881 e. The molecule has 0 radical (unpaired) electrons. The van der Waals surface area contributed by atoms with Crippen molar-refractivity contribution in [2.45, 2.75) is 64.1 Å². The van der Waals surface area contributed by atoms with E-state index in [2.05, 4.69) is 61.0 Å². The zero-order valence-electron chi connectivity index (χ0n) is 12.6. The Kier molecular flexibility index (Phi) is 5.11. The van der Waals surface area contributed by atoms with Gasteiger partial charge >= 0.3 is 0 Å². The van der Waals surface area contributed by atoms with E-state index in [-0.39, 0.29) is 0 Å². The number of hydrogen-bond acceptors (Lipinski definition) is 0. The van der Waals surface area contributed by atoms with Gasteiger partial charge in [-0.25, -0.2) is 0 Å². The highest BCUT2D eigenvalue weighted by Crippen LogP contribution is 2.49. The van der Waals surface area contributed by atoms with Crippen LogP contribution in [0.3, 0.4) is 0 Å². The van der Waals surface area contributed by atoms with Crippen molar-refractivity contribution >= 4 is 15.9 Å². The van der Waals surface area contributed by atoms with Gasteiger partial charge in [0.15, 0.2) is 0 Å². The number of alkyl halides is 1. The highest BCUT2D eigenvalue weighted by atomic mass is 79.9. The van der Waals surface area contributed by atoms with Gasteiger partial charge in [0, 0.05) is 4.83 Å². The van der Waals surface area contributed by atoms with Crippen LogP contribution in [-0.2, 0) is 6.42 Å². The summed E-state index contributed by atoms with van der Waals surface area (Å²) in [5.74, 6) is 0.801. The first kappa shape index (κ1) is 15.1. The van der Waals surface area contributed by atoms with Crippen LogP contribution in [0.4, 0.5) is 0 Å². The molecule has 1 aromatic rings. The molecule has 0 nitrogen and oxygen atoms in total. The summed E-state index contributed by atoms with van der Waals surface area (Å²) in [6.07, 6.45) is 8.21. The van der Waals surface area contributed by atoms with Crippen molar-refractivity contribution in [3.63, 3.8) is 0 Å². The van der Waals surface area contributed by atoms with Gasteiger partial charge < -0.3 is 0 Å². The summed E-state index contributed by atoms with van der Waals surface area (Å²) >= 11 is 4.06. The number of hydrogen-bond donors (Lipinski definition) is 0. The van der Waals surface area contributed by atoms with Crippen molar-refractivity contribution in [3.8, 4) is 0 Å². The summed E-state index contributed by atoms with van der Waals surface area (Å²) in [6.45, 7) is 6.97. The maximum atomic E-state index is 4.06. The van der Waals surface area contributed by atoms with Crippen LogP contribution in [0.1, 0.15) is 57.1 Å². The van der Waals surface area contributed by atoms with Gasteiger partial charge in [0.1, 0.15) is 0 Å². The molecule has 0 saturated heterocycles. The summed E-state index contributed by atoms with van der Waals surface area (Å²) in [4.78, 5) is 0.631. The van der Waals surface area contributed by atoms with Crippen molar-refractivity contribution in [3.05, 3.63) is 35.4 Å². The lowest BCUT2D eigenvalue weighted by Gasteiger charge is -2.36. The van der Waals surface area contributed by atoms with Crippen LogP contribution in [0, 0.1) is 18.3 Å². The molecule has 1 aliphatic carbocycles. The summed E-state index contributed by atoms with van der Waals surface area (Å²) in [6, 6.07) is 8.84. The van der Waals surface area contributed by atoms with Crippen LogP contribution in [0.25, 0.3) is 0 Å². The first-order valence-corrected chi connectivity index (χ1v) is 8.64. The average Bonchev–Trinajstić information content (AvgIpc) is 2.81. The van der Waals surface area contributed by atoms with E-state index in [4.69, 9.17) is 0 Å². The molecule has 0 spiro atoms. The van der Waals surface area contributed by atoms with Gasteiger partial charge in [-0.05, 0) is 55.1 Å². The highest BCUT2D eigenvalue weighted by Gasteiger charge is 2.40. The van der Waals surface area contributed by atoms with Gasteiger partial charge in [0.2, 0.25) is 0 Å². The summed E-state index contributed by atoms with van der Waals surface area (Å²) in [7, 11) is 0. The number of halogens is 1. The van der Waals surface area contributed by atoms with E-state index in [1.807, 2.05) is 0 Å². The van der Waals surface area contributed by atoms with Crippen LogP contribution < -0.4 is 0 Å². The normalized spacial score (nSPS) is 19.8. The Balaban J connectivity index is 2.12. The number of rotatable bonds is 5. The Morgan fingerprint density at radius 3 is 2.37 bits per heavy atom. The molecular weight excluding hydrogens is 296 g/mol. The molecular formula is C18H27Br. The molecule has 0 bridgehead atoms. The molecule has 1 aliphatic rings. The van der Waals surface area contributed by atoms with Gasteiger partial charge in [-0.1, -0.05) is 66.9 Å². The standard InChI is InChI=1S/C18H27Br/c1-14(2)13-18(10-6-7-11-18)17(19)12-16-9-5-4-8-15(16)3/h4-5,8-9,14,17H,6-7,10-13H2,1-3H3. The lowest BCUT2D eigenvalue weighted by molar-refractivity contribution is 0.228. The summed E-state index contributed by atoms with van der Waals surface area (Å²) in [5, 5.41) is 0. The predicted octanol–water partition coefficient (Wildman–Crippen LogP) is 5.91. The minimum absolute atomic E-state index is 0.538. The van der Waals surface area contributed by atoms with Crippen molar-refractivity contribution < 1.29 is 0 Å². The van der Waals surface area contributed by atoms with Crippen molar-refractivity contribution in [2.24, 2.45) is 11.3 Å². The number of benzene rings is 1. The Morgan fingerprint density at radius 1 is 1.16 bits per heavy atom. The molecule has 0 aromatic heterocycles. The van der Waals surface area contributed by atoms with Crippen LogP contribution in [0.5, 0.6) is 0 Å². The van der Waals surface area contributed by atoms with Crippen LogP contribution in [-0.4, -0.2) is 4.83 Å². The van der Waals surface area contributed by atoms with E-state index in [0.29, 0.717) is 10.2 Å². The third-order valence-electron chi connectivity index (χ3n) is 4.74. The monoisotopic (exact) mass is 322 g/mol. The SMILES string of the molecule is Cc1ccccc1CC(Br)C1(CC(C)C)CCCC1. The molecule has 2 rings (SSSR count). The lowest BCUT2D eigenvalue weighted by Crippen LogP contribution is -2.31. The second kappa shape index (κ2) is 6.43. The van der Waals surface area contributed by atoms with Crippen LogP contribution in [0.2, 0.25) is 0 Å². The second-order valence-corrected chi connectivity index (χ2v) is 7.87. The molecule has 0 heterocycles. The van der Waals surface area contributed by atoms with Crippen molar-refractivity contribution in [1.82, 2.24) is 0 Å². The molecule has 19 heavy (non-hydrogen) atoms. The third kappa shape index (κ3) is 3.62. The predicted molar refractivity (Wildman–Crippen MR) is 88.0 cm³/mol. The molecule has 0 N–H and O–H groups in total. The minimum atomic E-state index is 0.538. The smallest absolute Gasteiger partial charge is 0.0242 e. The third-order valence-corrected chi connectivity index (χ3v) is 6.03. The van der Waals surface area contributed by atoms with Crippen molar-refractivity contribution in [1.29, 1.82) is 0 Å². The molecule has 1 fully saturated rings. The fourth-order valence-electron chi connectivity index (χ4n) is 3.79. The summed E-state index contributed by atoms with van der Waals surface area (Å²) in [5.41, 5.74) is 3.49. The molecule has 1 saturated carbocycles. The van der Waals surface area contributed by atoms with Crippen LogP contribution >= 0.6 is 15.9 Å². The molecule has 1 heteroatoms. The van der Waals surface area contributed by atoms with Gasteiger partial charge in [0.05, 0.1) is 0 Å². The Hall–Kier alpha value is -0.300. The Labute approximate surface area is 127 Å². The quantitative estimate of drug-likeness (QED) is 0.591.